The second kappa shape index (κ2) is 7.10. The zero-order valence-corrected chi connectivity index (χ0v) is 8.80. The molecule has 3 atom stereocenters. The van der Waals surface area contributed by atoms with Gasteiger partial charge in [-0.25, -0.2) is 0 Å². The van der Waals surface area contributed by atoms with Gasteiger partial charge in [-0.3, -0.25) is 0 Å². The van der Waals surface area contributed by atoms with E-state index in [1.165, 1.54) is 7.11 Å². The van der Waals surface area contributed by atoms with Crippen LogP contribution in [0.4, 0.5) is 0 Å². The van der Waals surface area contributed by atoms with Crippen molar-refractivity contribution >= 4 is 0 Å². The van der Waals surface area contributed by atoms with Crippen molar-refractivity contribution in [2.75, 3.05) is 33.9 Å². The summed E-state index contributed by atoms with van der Waals surface area (Å²) >= 11 is 0. The molecule has 0 aliphatic carbocycles. The van der Waals surface area contributed by atoms with E-state index in [1.54, 1.807) is 0 Å². The van der Waals surface area contributed by atoms with Gasteiger partial charge in [-0.15, -0.1) is 0 Å². The Morgan fingerprint density at radius 1 is 1.27 bits per heavy atom. The Hall–Kier alpha value is -0.240. The van der Waals surface area contributed by atoms with E-state index in [-0.39, 0.29) is 32.9 Å². The van der Waals surface area contributed by atoms with Gasteiger partial charge in [0.05, 0.1) is 12.7 Å². The van der Waals surface area contributed by atoms with Crippen molar-refractivity contribution < 1.29 is 29.2 Å². The minimum Gasteiger partial charge on any atom is -0.396 e. The smallest absolute Gasteiger partial charge is 0.147 e. The van der Waals surface area contributed by atoms with Crippen LogP contribution in [0, 0.1) is 0 Å². The highest BCUT2D eigenvalue weighted by atomic mass is 16.7. The largest absolute Gasteiger partial charge is 0.396 e. The van der Waals surface area contributed by atoms with E-state index in [1.807, 2.05) is 0 Å². The molecule has 0 spiro atoms. The number of rotatable bonds is 6. The highest BCUT2D eigenvalue weighted by molar-refractivity contribution is 4.81. The van der Waals surface area contributed by atoms with Crippen LogP contribution in [0.25, 0.3) is 0 Å². The van der Waals surface area contributed by atoms with Gasteiger partial charge in [-0.05, 0) is 6.42 Å². The van der Waals surface area contributed by atoms with Crippen LogP contribution < -0.4 is 0 Å². The molecule has 1 rings (SSSR count). The highest BCUT2D eigenvalue weighted by Gasteiger charge is 2.35. The van der Waals surface area contributed by atoms with Gasteiger partial charge in [0, 0.05) is 13.7 Å². The highest BCUT2D eigenvalue weighted by Crippen LogP contribution is 2.19. The van der Waals surface area contributed by atoms with Crippen molar-refractivity contribution in [3.63, 3.8) is 0 Å². The predicted octanol–water partition coefficient (Wildman–Crippen LogP) is -0.908. The van der Waals surface area contributed by atoms with Gasteiger partial charge in [0.25, 0.3) is 0 Å². The molecule has 2 N–H and O–H groups in total. The van der Waals surface area contributed by atoms with Gasteiger partial charge in [-0.1, -0.05) is 0 Å². The minimum atomic E-state index is -0.426. The lowest BCUT2D eigenvalue weighted by Gasteiger charge is -2.36. The average molecular weight is 222 g/mol. The number of aliphatic hydroxyl groups excluding tert-OH is 2. The van der Waals surface area contributed by atoms with E-state index in [4.69, 9.17) is 29.2 Å². The Morgan fingerprint density at radius 2 is 2.00 bits per heavy atom. The van der Waals surface area contributed by atoms with Crippen LogP contribution in [0.15, 0.2) is 0 Å². The summed E-state index contributed by atoms with van der Waals surface area (Å²) in [5, 5.41) is 17.9. The van der Waals surface area contributed by atoms with Crippen LogP contribution in [0.5, 0.6) is 0 Å². The second-order valence-corrected chi connectivity index (χ2v) is 3.26. The molecule has 6 nitrogen and oxygen atoms in total. The molecule has 0 bridgehead atoms. The summed E-state index contributed by atoms with van der Waals surface area (Å²) in [6, 6.07) is 0. The lowest BCUT2D eigenvalue weighted by molar-refractivity contribution is -0.265. The molecule has 0 unspecified atom stereocenters. The molecule has 1 saturated heterocycles. The summed E-state index contributed by atoms with van der Waals surface area (Å²) in [4.78, 5) is 0. The monoisotopic (exact) mass is 222 g/mol. The quantitative estimate of drug-likeness (QED) is 0.567. The van der Waals surface area contributed by atoms with Crippen LogP contribution in [0.2, 0.25) is 0 Å². The zero-order chi connectivity index (χ0) is 11.1. The third-order valence-corrected chi connectivity index (χ3v) is 2.27. The molecule has 1 fully saturated rings. The molecular weight excluding hydrogens is 204 g/mol. The fourth-order valence-corrected chi connectivity index (χ4v) is 1.54. The summed E-state index contributed by atoms with van der Waals surface area (Å²) in [5.74, 6) is 0. The van der Waals surface area contributed by atoms with Crippen molar-refractivity contribution in [1.29, 1.82) is 0 Å². The maximum Gasteiger partial charge on any atom is 0.147 e. The van der Waals surface area contributed by atoms with E-state index >= 15 is 0 Å². The molecule has 90 valence electrons. The summed E-state index contributed by atoms with van der Waals surface area (Å²) in [6.45, 7) is 0.0911. The first kappa shape index (κ1) is 12.8. The van der Waals surface area contributed by atoms with E-state index < -0.39 is 12.2 Å². The summed E-state index contributed by atoms with van der Waals surface area (Å²) in [5.41, 5.74) is 0. The Balaban J connectivity index is 2.50. The van der Waals surface area contributed by atoms with Gasteiger partial charge in [0.15, 0.2) is 0 Å². The first-order chi connectivity index (χ1) is 7.33. The van der Waals surface area contributed by atoms with Gasteiger partial charge in [0.2, 0.25) is 0 Å². The van der Waals surface area contributed by atoms with Crippen molar-refractivity contribution in [2.24, 2.45) is 0 Å². The topological polar surface area (TPSA) is 77.4 Å². The van der Waals surface area contributed by atoms with Crippen molar-refractivity contribution in [3.05, 3.63) is 0 Å². The number of aliphatic hydroxyl groups is 2. The molecule has 6 heteroatoms. The van der Waals surface area contributed by atoms with Gasteiger partial charge in [-0.2, -0.15) is 0 Å². The Bertz CT molecular complexity index is 163. The van der Waals surface area contributed by atoms with E-state index in [2.05, 4.69) is 0 Å². The molecule has 0 aromatic heterocycles. The normalized spacial score (nSPS) is 31.8. The molecule has 0 aromatic carbocycles. The molecule has 0 saturated carbocycles. The maximum absolute atomic E-state index is 9.08. The Morgan fingerprint density at radius 3 is 2.60 bits per heavy atom. The third kappa shape index (κ3) is 3.67. The Kier molecular flexibility index (Phi) is 6.07. The van der Waals surface area contributed by atoms with E-state index in [0.29, 0.717) is 6.42 Å². The minimum absolute atomic E-state index is 0.00958. The Labute approximate surface area is 88.7 Å². The molecule has 1 heterocycles. The van der Waals surface area contributed by atoms with E-state index in [0.717, 1.165) is 0 Å². The molecule has 0 radical (unpaired) electrons. The SMILES string of the molecule is COCO[C@@H]1[C@@H](CO)OCO[C@@H]1CCO. The summed E-state index contributed by atoms with van der Waals surface area (Å²) in [7, 11) is 1.51. The van der Waals surface area contributed by atoms with Crippen molar-refractivity contribution in [2.45, 2.75) is 24.7 Å². The zero-order valence-electron chi connectivity index (χ0n) is 8.80. The predicted molar refractivity (Wildman–Crippen MR) is 50.2 cm³/mol. The third-order valence-electron chi connectivity index (χ3n) is 2.27. The first-order valence-electron chi connectivity index (χ1n) is 4.89. The fraction of sp³-hybridized carbons (Fsp3) is 1.00. The van der Waals surface area contributed by atoms with E-state index in [9.17, 15) is 0 Å². The fourth-order valence-electron chi connectivity index (χ4n) is 1.54. The number of hydrogen-bond acceptors (Lipinski definition) is 6. The molecule has 1 aliphatic heterocycles. The van der Waals surface area contributed by atoms with Crippen LogP contribution in [-0.2, 0) is 18.9 Å². The molecule has 0 aromatic rings. The van der Waals surface area contributed by atoms with Crippen LogP contribution in [0.1, 0.15) is 6.42 Å². The summed E-state index contributed by atoms with van der Waals surface area (Å²) in [6.07, 6.45) is -0.647. The van der Waals surface area contributed by atoms with Crippen LogP contribution in [-0.4, -0.2) is 62.4 Å². The maximum atomic E-state index is 9.08. The van der Waals surface area contributed by atoms with Gasteiger partial charge < -0.3 is 29.2 Å². The van der Waals surface area contributed by atoms with Gasteiger partial charge >= 0.3 is 0 Å². The van der Waals surface area contributed by atoms with Gasteiger partial charge in [0.1, 0.15) is 25.8 Å². The lowest BCUT2D eigenvalue weighted by Crippen LogP contribution is -2.50. The second-order valence-electron chi connectivity index (χ2n) is 3.26. The van der Waals surface area contributed by atoms with Crippen molar-refractivity contribution in [3.8, 4) is 0 Å². The molecule has 0 amide bonds. The molecule has 15 heavy (non-hydrogen) atoms. The van der Waals surface area contributed by atoms with Crippen molar-refractivity contribution in [1.82, 2.24) is 0 Å². The number of methoxy groups -OCH3 is 1. The van der Waals surface area contributed by atoms with Crippen LogP contribution in [0.3, 0.4) is 0 Å². The standard InChI is InChI=1S/C9H18O6/c1-12-5-15-9-7(2-3-10)13-6-14-8(9)4-11/h7-11H,2-6H2,1H3/t7-,8-,9+/m1/s1. The number of ether oxygens (including phenoxy) is 4. The molecular formula is C9H18O6. The number of hydrogen-bond donors (Lipinski definition) is 2. The average Bonchev–Trinajstić information content (AvgIpc) is 2.27. The first-order valence-corrected chi connectivity index (χ1v) is 4.89. The lowest BCUT2D eigenvalue weighted by atomic mass is 10.0. The van der Waals surface area contributed by atoms with Crippen LogP contribution >= 0.6 is 0 Å². The molecule has 1 aliphatic rings. The summed E-state index contributed by atoms with van der Waals surface area (Å²) < 4.78 is 20.6.